The van der Waals surface area contributed by atoms with E-state index in [4.69, 9.17) is 16.0 Å². The zero-order valence-electron chi connectivity index (χ0n) is 9.63. The van der Waals surface area contributed by atoms with E-state index in [0.717, 1.165) is 26.6 Å². The normalized spacial score (nSPS) is 12.7. The lowest BCUT2D eigenvalue weighted by Crippen LogP contribution is -2.17. The highest BCUT2D eigenvalue weighted by molar-refractivity contribution is 9.10. The predicted octanol–water partition coefficient (Wildman–Crippen LogP) is 4.31. The molecule has 0 spiro atoms. The van der Waals surface area contributed by atoms with E-state index in [2.05, 4.69) is 27.3 Å². The lowest BCUT2D eigenvalue weighted by atomic mass is 10.0. The van der Waals surface area contributed by atoms with Crippen molar-refractivity contribution >= 4 is 27.5 Å². The van der Waals surface area contributed by atoms with Crippen LogP contribution in [-0.2, 0) is 0 Å². The number of aryl methyl sites for hydroxylation is 1. The largest absolute Gasteiger partial charge is 0.452 e. The van der Waals surface area contributed by atoms with Gasteiger partial charge in [0.05, 0.1) is 6.04 Å². The van der Waals surface area contributed by atoms with Crippen LogP contribution in [0.1, 0.15) is 22.9 Å². The molecule has 4 heteroatoms. The van der Waals surface area contributed by atoms with Crippen LogP contribution in [0.15, 0.2) is 39.4 Å². The van der Waals surface area contributed by atoms with Crippen molar-refractivity contribution in [2.75, 3.05) is 7.05 Å². The molecule has 1 aromatic carbocycles. The summed E-state index contributed by atoms with van der Waals surface area (Å²) in [6, 6.07) is 9.84. The monoisotopic (exact) mass is 313 g/mol. The number of benzene rings is 1. The van der Waals surface area contributed by atoms with Crippen LogP contribution in [0.3, 0.4) is 0 Å². The van der Waals surface area contributed by atoms with E-state index in [1.807, 2.05) is 38.2 Å². The zero-order chi connectivity index (χ0) is 12.4. The molecular weight excluding hydrogens is 302 g/mol. The molecule has 0 radical (unpaired) electrons. The Bertz CT molecular complexity index is 504. The SMILES string of the molecule is CNC(c1cc(C)cc(Cl)c1)c1ccc(Br)o1. The van der Waals surface area contributed by atoms with E-state index < -0.39 is 0 Å². The van der Waals surface area contributed by atoms with Crippen molar-refractivity contribution in [2.24, 2.45) is 0 Å². The van der Waals surface area contributed by atoms with Gasteiger partial charge in [-0.2, -0.15) is 0 Å². The van der Waals surface area contributed by atoms with Crippen molar-refractivity contribution in [3.05, 3.63) is 56.9 Å². The number of rotatable bonds is 3. The Hall–Kier alpha value is -0.770. The quantitative estimate of drug-likeness (QED) is 0.913. The molecule has 1 atom stereocenters. The molecule has 2 aromatic rings. The summed E-state index contributed by atoms with van der Waals surface area (Å²) >= 11 is 9.39. The van der Waals surface area contributed by atoms with Crippen molar-refractivity contribution in [1.82, 2.24) is 5.32 Å². The zero-order valence-corrected chi connectivity index (χ0v) is 12.0. The lowest BCUT2D eigenvalue weighted by Gasteiger charge is -2.15. The Labute approximate surface area is 114 Å². The molecule has 1 heterocycles. The molecule has 2 nitrogen and oxygen atoms in total. The van der Waals surface area contributed by atoms with Gasteiger partial charge in [-0.15, -0.1) is 0 Å². The van der Waals surface area contributed by atoms with E-state index in [1.165, 1.54) is 0 Å². The summed E-state index contributed by atoms with van der Waals surface area (Å²) in [6.07, 6.45) is 0. The summed E-state index contributed by atoms with van der Waals surface area (Å²) in [5, 5.41) is 3.97. The maximum atomic E-state index is 6.08. The van der Waals surface area contributed by atoms with Gasteiger partial charge in [-0.1, -0.05) is 17.7 Å². The molecule has 0 saturated carbocycles. The number of hydrogen-bond acceptors (Lipinski definition) is 2. The molecule has 0 fully saturated rings. The molecule has 0 aliphatic rings. The topological polar surface area (TPSA) is 25.2 Å². The van der Waals surface area contributed by atoms with Crippen LogP contribution in [0.5, 0.6) is 0 Å². The van der Waals surface area contributed by atoms with Crippen LogP contribution in [0, 0.1) is 6.92 Å². The van der Waals surface area contributed by atoms with Crippen molar-refractivity contribution in [1.29, 1.82) is 0 Å². The van der Waals surface area contributed by atoms with E-state index in [-0.39, 0.29) is 6.04 Å². The van der Waals surface area contributed by atoms with Crippen molar-refractivity contribution < 1.29 is 4.42 Å². The summed E-state index contributed by atoms with van der Waals surface area (Å²) in [5.74, 6) is 0.862. The van der Waals surface area contributed by atoms with Gasteiger partial charge in [0.15, 0.2) is 4.67 Å². The van der Waals surface area contributed by atoms with Gasteiger partial charge in [0, 0.05) is 5.02 Å². The van der Waals surface area contributed by atoms with Crippen LogP contribution in [0.25, 0.3) is 0 Å². The minimum absolute atomic E-state index is 0.0127. The maximum Gasteiger partial charge on any atom is 0.169 e. The van der Waals surface area contributed by atoms with E-state index in [9.17, 15) is 0 Å². The van der Waals surface area contributed by atoms with Gasteiger partial charge in [-0.3, -0.25) is 0 Å². The van der Waals surface area contributed by atoms with Gasteiger partial charge >= 0.3 is 0 Å². The Morgan fingerprint density at radius 1 is 1.29 bits per heavy atom. The first-order valence-electron chi connectivity index (χ1n) is 5.29. The Morgan fingerprint density at radius 2 is 2.06 bits per heavy atom. The fraction of sp³-hybridized carbons (Fsp3) is 0.231. The van der Waals surface area contributed by atoms with Gasteiger partial charge in [0.1, 0.15) is 5.76 Å². The second-order valence-electron chi connectivity index (χ2n) is 3.93. The lowest BCUT2D eigenvalue weighted by molar-refractivity contribution is 0.447. The van der Waals surface area contributed by atoms with Gasteiger partial charge in [0.2, 0.25) is 0 Å². The highest BCUT2D eigenvalue weighted by Crippen LogP contribution is 2.28. The second kappa shape index (κ2) is 5.25. The third-order valence-corrected chi connectivity index (χ3v) is 3.21. The van der Waals surface area contributed by atoms with Crippen LogP contribution < -0.4 is 5.32 Å². The Morgan fingerprint density at radius 3 is 2.59 bits per heavy atom. The molecule has 0 amide bonds. The third kappa shape index (κ3) is 2.92. The average Bonchev–Trinajstić information content (AvgIpc) is 2.64. The third-order valence-electron chi connectivity index (χ3n) is 2.56. The Balaban J connectivity index is 2.41. The summed E-state index contributed by atoms with van der Waals surface area (Å²) in [4.78, 5) is 0. The molecule has 1 N–H and O–H groups in total. The van der Waals surface area contributed by atoms with Crippen LogP contribution >= 0.6 is 27.5 Å². The predicted molar refractivity (Wildman–Crippen MR) is 73.5 cm³/mol. The maximum absolute atomic E-state index is 6.08. The summed E-state index contributed by atoms with van der Waals surface area (Å²) < 4.78 is 6.31. The molecule has 0 bridgehead atoms. The van der Waals surface area contributed by atoms with Gasteiger partial charge < -0.3 is 9.73 Å². The van der Waals surface area contributed by atoms with E-state index >= 15 is 0 Å². The molecule has 2 rings (SSSR count). The summed E-state index contributed by atoms with van der Waals surface area (Å²) in [5.41, 5.74) is 2.23. The molecule has 0 saturated heterocycles. The molecule has 1 aromatic heterocycles. The standard InChI is InChI=1S/C13H13BrClNO/c1-8-5-9(7-10(15)6-8)13(16-2)11-3-4-12(14)17-11/h3-7,13,16H,1-2H3. The Kier molecular flexibility index (Phi) is 3.92. The molecule has 0 aliphatic carbocycles. The summed E-state index contributed by atoms with van der Waals surface area (Å²) in [6.45, 7) is 2.03. The highest BCUT2D eigenvalue weighted by Gasteiger charge is 2.16. The van der Waals surface area contributed by atoms with Gasteiger partial charge in [0.25, 0.3) is 0 Å². The van der Waals surface area contributed by atoms with Crippen LogP contribution in [0.2, 0.25) is 5.02 Å². The fourth-order valence-electron chi connectivity index (χ4n) is 1.89. The second-order valence-corrected chi connectivity index (χ2v) is 5.14. The minimum Gasteiger partial charge on any atom is -0.452 e. The molecular formula is C13H13BrClNO. The van der Waals surface area contributed by atoms with Crippen LogP contribution in [-0.4, -0.2) is 7.05 Å². The molecule has 1 unspecified atom stereocenters. The smallest absolute Gasteiger partial charge is 0.169 e. The first kappa shape index (κ1) is 12.7. The van der Waals surface area contributed by atoms with Gasteiger partial charge in [-0.25, -0.2) is 0 Å². The highest BCUT2D eigenvalue weighted by atomic mass is 79.9. The number of nitrogens with one attached hydrogen (secondary N) is 1. The first-order chi connectivity index (χ1) is 8.10. The first-order valence-corrected chi connectivity index (χ1v) is 6.47. The van der Waals surface area contributed by atoms with Gasteiger partial charge in [-0.05, 0) is 65.3 Å². The molecule has 17 heavy (non-hydrogen) atoms. The molecule has 90 valence electrons. The van der Waals surface area contributed by atoms with E-state index in [1.54, 1.807) is 0 Å². The summed E-state index contributed by atoms with van der Waals surface area (Å²) in [7, 11) is 1.90. The van der Waals surface area contributed by atoms with Crippen molar-refractivity contribution in [3.63, 3.8) is 0 Å². The van der Waals surface area contributed by atoms with Crippen molar-refractivity contribution in [2.45, 2.75) is 13.0 Å². The number of hydrogen-bond donors (Lipinski definition) is 1. The minimum atomic E-state index is 0.0127. The number of halogens is 2. The fourth-order valence-corrected chi connectivity index (χ4v) is 2.51. The number of furan rings is 1. The van der Waals surface area contributed by atoms with Crippen LogP contribution in [0.4, 0.5) is 0 Å². The van der Waals surface area contributed by atoms with E-state index in [0.29, 0.717) is 0 Å². The average molecular weight is 315 g/mol. The van der Waals surface area contributed by atoms with Crippen molar-refractivity contribution in [3.8, 4) is 0 Å². The molecule has 0 aliphatic heterocycles.